The van der Waals surface area contributed by atoms with Gasteiger partial charge >= 0.3 is 0 Å². The predicted molar refractivity (Wildman–Crippen MR) is 63.6 cm³/mol. The minimum absolute atomic E-state index is 0.197. The minimum atomic E-state index is -0.255. The van der Waals surface area contributed by atoms with Crippen LogP contribution in [0.25, 0.3) is 0 Å². The summed E-state index contributed by atoms with van der Waals surface area (Å²) in [6.07, 6.45) is 5.98. The lowest BCUT2D eigenvalue weighted by Crippen LogP contribution is -2.40. The van der Waals surface area contributed by atoms with Gasteiger partial charge in [0.15, 0.2) is 0 Å². The van der Waals surface area contributed by atoms with Crippen LogP contribution in [-0.2, 0) is 4.79 Å². The summed E-state index contributed by atoms with van der Waals surface area (Å²) in [6, 6.07) is 1.67. The van der Waals surface area contributed by atoms with Crippen molar-refractivity contribution in [3.05, 3.63) is 18.1 Å². The van der Waals surface area contributed by atoms with Gasteiger partial charge in [-0.3, -0.25) is 4.79 Å². The summed E-state index contributed by atoms with van der Waals surface area (Å²) in [5.74, 6) is 2.04. The second kappa shape index (κ2) is 3.98. The Morgan fingerprint density at radius 1 is 1.41 bits per heavy atom. The van der Waals surface area contributed by atoms with Crippen LogP contribution in [0.1, 0.15) is 37.4 Å². The van der Waals surface area contributed by atoms with E-state index in [1.807, 2.05) is 11.0 Å². The summed E-state index contributed by atoms with van der Waals surface area (Å²) in [6.45, 7) is 0.856. The molecular formula is C12H16N4O. The fourth-order valence-electron chi connectivity index (χ4n) is 2.40. The van der Waals surface area contributed by atoms with Gasteiger partial charge in [0.1, 0.15) is 17.7 Å². The lowest BCUT2D eigenvalue weighted by atomic mass is 10.2. The standard InChI is InChI=1S/C12H16N4O/c13-11(17)9-2-1-7-16(9)10-5-6-14-12(15-10)8-3-4-8/h5-6,8-9H,1-4,7H2,(H2,13,17). The molecule has 5 heteroatoms. The third kappa shape index (κ3) is 1.97. The normalized spacial score (nSPS) is 24.0. The summed E-state index contributed by atoms with van der Waals surface area (Å²) in [7, 11) is 0. The molecular weight excluding hydrogens is 216 g/mol. The highest BCUT2D eigenvalue weighted by Gasteiger charge is 2.32. The molecule has 0 radical (unpaired) electrons. The molecule has 2 heterocycles. The third-order valence-corrected chi connectivity index (χ3v) is 3.48. The maximum absolute atomic E-state index is 11.4. The van der Waals surface area contributed by atoms with Gasteiger partial charge in [-0.25, -0.2) is 9.97 Å². The fourth-order valence-corrected chi connectivity index (χ4v) is 2.40. The molecule has 2 N–H and O–H groups in total. The van der Waals surface area contributed by atoms with Gasteiger partial charge in [-0.2, -0.15) is 0 Å². The van der Waals surface area contributed by atoms with Gasteiger partial charge < -0.3 is 10.6 Å². The zero-order valence-corrected chi connectivity index (χ0v) is 9.67. The van der Waals surface area contributed by atoms with E-state index in [0.717, 1.165) is 31.0 Å². The van der Waals surface area contributed by atoms with Crippen molar-refractivity contribution in [3.63, 3.8) is 0 Å². The van der Waals surface area contributed by atoms with Gasteiger partial charge in [-0.05, 0) is 31.7 Å². The van der Waals surface area contributed by atoms with E-state index in [9.17, 15) is 4.79 Å². The minimum Gasteiger partial charge on any atom is -0.368 e. The molecule has 0 aromatic carbocycles. The van der Waals surface area contributed by atoms with E-state index < -0.39 is 0 Å². The number of aromatic nitrogens is 2. The van der Waals surface area contributed by atoms with E-state index in [1.165, 1.54) is 12.8 Å². The summed E-state index contributed by atoms with van der Waals surface area (Å²) in [4.78, 5) is 22.2. The molecule has 1 aliphatic carbocycles. The van der Waals surface area contributed by atoms with Crippen molar-refractivity contribution < 1.29 is 4.79 Å². The SMILES string of the molecule is NC(=O)C1CCCN1c1ccnc(C2CC2)n1. The van der Waals surface area contributed by atoms with Gasteiger partial charge in [0.2, 0.25) is 5.91 Å². The molecule has 0 bridgehead atoms. The first-order valence-corrected chi connectivity index (χ1v) is 6.14. The molecule has 17 heavy (non-hydrogen) atoms. The van der Waals surface area contributed by atoms with Gasteiger partial charge in [-0.15, -0.1) is 0 Å². The van der Waals surface area contributed by atoms with Crippen molar-refractivity contribution in [1.29, 1.82) is 0 Å². The molecule has 3 rings (SSSR count). The smallest absolute Gasteiger partial charge is 0.240 e. The lowest BCUT2D eigenvalue weighted by Gasteiger charge is -2.23. The first-order valence-electron chi connectivity index (χ1n) is 6.14. The Balaban J connectivity index is 1.87. The maximum atomic E-state index is 11.4. The van der Waals surface area contributed by atoms with Gasteiger partial charge in [0.05, 0.1) is 0 Å². The molecule has 2 aliphatic rings. The number of primary amides is 1. The van der Waals surface area contributed by atoms with Gasteiger partial charge in [-0.1, -0.05) is 0 Å². The molecule has 1 saturated carbocycles. The third-order valence-electron chi connectivity index (χ3n) is 3.48. The van der Waals surface area contributed by atoms with Gasteiger partial charge in [0, 0.05) is 18.7 Å². The molecule has 90 valence electrons. The van der Waals surface area contributed by atoms with Crippen LogP contribution in [0.5, 0.6) is 0 Å². The Morgan fingerprint density at radius 2 is 2.24 bits per heavy atom. The van der Waals surface area contributed by atoms with E-state index in [1.54, 1.807) is 6.20 Å². The van der Waals surface area contributed by atoms with E-state index in [2.05, 4.69) is 9.97 Å². The summed E-state index contributed by atoms with van der Waals surface area (Å²) in [5.41, 5.74) is 5.41. The van der Waals surface area contributed by atoms with Crippen molar-refractivity contribution >= 4 is 11.7 Å². The number of hydrogen-bond acceptors (Lipinski definition) is 4. The fraction of sp³-hybridized carbons (Fsp3) is 0.583. The Labute approximate surface area is 100 Å². The maximum Gasteiger partial charge on any atom is 0.240 e. The number of hydrogen-bond donors (Lipinski definition) is 1. The van der Waals surface area contributed by atoms with Crippen LogP contribution in [0, 0.1) is 0 Å². The summed E-state index contributed by atoms with van der Waals surface area (Å²) >= 11 is 0. The quantitative estimate of drug-likeness (QED) is 0.837. The summed E-state index contributed by atoms with van der Waals surface area (Å²) < 4.78 is 0. The van der Waals surface area contributed by atoms with E-state index in [0.29, 0.717) is 5.92 Å². The van der Waals surface area contributed by atoms with E-state index >= 15 is 0 Å². The zero-order chi connectivity index (χ0) is 11.8. The topological polar surface area (TPSA) is 72.1 Å². The second-order valence-electron chi connectivity index (χ2n) is 4.80. The molecule has 1 aliphatic heterocycles. The molecule has 1 amide bonds. The highest BCUT2D eigenvalue weighted by molar-refractivity contribution is 5.83. The molecule has 2 fully saturated rings. The molecule has 1 atom stereocenters. The Hall–Kier alpha value is -1.65. The number of carbonyl (C=O) groups excluding carboxylic acids is 1. The van der Waals surface area contributed by atoms with Crippen LogP contribution in [0.2, 0.25) is 0 Å². The van der Waals surface area contributed by atoms with Crippen LogP contribution in [0.15, 0.2) is 12.3 Å². The number of carbonyl (C=O) groups is 1. The van der Waals surface area contributed by atoms with Crippen molar-refractivity contribution in [1.82, 2.24) is 9.97 Å². The first-order chi connectivity index (χ1) is 8.25. The Morgan fingerprint density at radius 3 is 2.94 bits per heavy atom. The van der Waals surface area contributed by atoms with Crippen molar-refractivity contribution in [2.45, 2.75) is 37.6 Å². The number of rotatable bonds is 3. The molecule has 1 saturated heterocycles. The molecule has 1 aromatic rings. The summed E-state index contributed by atoms with van der Waals surface area (Å²) in [5, 5.41) is 0. The van der Waals surface area contributed by atoms with Crippen LogP contribution in [0.4, 0.5) is 5.82 Å². The zero-order valence-electron chi connectivity index (χ0n) is 9.67. The molecule has 1 aromatic heterocycles. The largest absolute Gasteiger partial charge is 0.368 e. The first kappa shape index (κ1) is 10.5. The highest BCUT2D eigenvalue weighted by Crippen LogP contribution is 2.38. The molecule has 5 nitrogen and oxygen atoms in total. The average molecular weight is 232 g/mol. The predicted octanol–water partition coefficient (Wildman–Crippen LogP) is 0.808. The number of nitrogens with zero attached hydrogens (tertiary/aromatic N) is 3. The molecule has 1 unspecified atom stereocenters. The van der Waals surface area contributed by atoms with E-state index in [4.69, 9.17) is 5.73 Å². The van der Waals surface area contributed by atoms with E-state index in [-0.39, 0.29) is 11.9 Å². The van der Waals surface area contributed by atoms with Crippen LogP contribution < -0.4 is 10.6 Å². The molecule has 0 spiro atoms. The average Bonchev–Trinajstić information content (AvgIpc) is 3.06. The number of nitrogens with two attached hydrogens (primary N) is 1. The van der Waals surface area contributed by atoms with Crippen LogP contribution >= 0.6 is 0 Å². The monoisotopic (exact) mass is 232 g/mol. The number of anilines is 1. The second-order valence-corrected chi connectivity index (χ2v) is 4.80. The highest BCUT2D eigenvalue weighted by atomic mass is 16.1. The van der Waals surface area contributed by atoms with Crippen molar-refractivity contribution in [2.24, 2.45) is 5.73 Å². The lowest BCUT2D eigenvalue weighted by molar-refractivity contribution is -0.119. The number of amides is 1. The van der Waals surface area contributed by atoms with Crippen LogP contribution in [0.3, 0.4) is 0 Å². The Kier molecular flexibility index (Phi) is 2.46. The van der Waals surface area contributed by atoms with Crippen molar-refractivity contribution in [2.75, 3.05) is 11.4 Å². The van der Waals surface area contributed by atoms with Crippen LogP contribution in [-0.4, -0.2) is 28.5 Å². The van der Waals surface area contributed by atoms with Crippen molar-refractivity contribution in [3.8, 4) is 0 Å². The van der Waals surface area contributed by atoms with Gasteiger partial charge in [0.25, 0.3) is 0 Å². The Bertz CT molecular complexity index is 444.